The molecule has 2 saturated heterocycles. The van der Waals surface area contributed by atoms with Crippen molar-refractivity contribution in [2.24, 2.45) is 0 Å². The number of nitriles is 1. The van der Waals surface area contributed by atoms with E-state index in [2.05, 4.69) is 16.1 Å². The molecular formula is C19H21Cl2N3O4. The molecule has 3 rings (SSSR count). The molecule has 1 N–H and O–H groups in total. The Bertz CT molecular complexity index is 811. The van der Waals surface area contributed by atoms with Crippen LogP contribution in [0.4, 0.5) is 0 Å². The fraction of sp³-hybridized carbons (Fsp3) is 0.526. The number of ether oxygens (including phenoxy) is 2. The third kappa shape index (κ3) is 4.19. The van der Waals surface area contributed by atoms with Gasteiger partial charge in [0.1, 0.15) is 23.4 Å². The second-order valence-corrected chi connectivity index (χ2v) is 7.61. The predicted octanol–water partition coefficient (Wildman–Crippen LogP) is 2.79. The maximum atomic E-state index is 12.7. The molecule has 2 fully saturated rings. The van der Waals surface area contributed by atoms with Crippen molar-refractivity contribution in [2.45, 2.75) is 43.8 Å². The van der Waals surface area contributed by atoms with Crippen molar-refractivity contribution in [3.05, 3.63) is 27.7 Å². The summed E-state index contributed by atoms with van der Waals surface area (Å²) in [6.45, 7) is 0.941. The number of hydrogen-bond acceptors (Lipinski definition) is 6. The predicted molar refractivity (Wildman–Crippen MR) is 104 cm³/mol. The van der Waals surface area contributed by atoms with Crippen LogP contribution in [-0.4, -0.2) is 55.2 Å². The van der Waals surface area contributed by atoms with Gasteiger partial charge in [0.25, 0.3) is 0 Å². The van der Waals surface area contributed by atoms with Gasteiger partial charge in [-0.15, -0.1) is 0 Å². The molecule has 3 atom stereocenters. The molecule has 0 spiro atoms. The number of benzene rings is 1. The Morgan fingerprint density at radius 1 is 1.29 bits per heavy atom. The van der Waals surface area contributed by atoms with Crippen molar-refractivity contribution in [1.82, 2.24) is 10.2 Å². The second-order valence-electron chi connectivity index (χ2n) is 6.85. The maximum absolute atomic E-state index is 12.7. The Morgan fingerprint density at radius 2 is 2.07 bits per heavy atom. The van der Waals surface area contributed by atoms with E-state index in [0.29, 0.717) is 25.3 Å². The van der Waals surface area contributed by atoms with Crippen LogP contribution >= 0.6 is 23.2 Å². The Balaban J connectivity index is 1.57. The van der Waals surface area contributed by atoms with Crippen molar-refractivity contribution in [3.63, 3.8) is 0 Å². The van der Waals surface area contributed by atoms with Gasteiger partial charge >= 0.3 is 5.97 Å². The van der Waals surface area contributed by atoms with E-state index in [0.717, 1.165) is 19.3 Å². The lowest BCUT2D eigenvalue weighted by molar-refractivity contribution is -0.133. The Kier molecular flexibility index (Phi) is 6.65. The topological polar surface area (TPSA) is 91.7 Å². The molecule has 0 unspecified atom stereocenters. The summed E-state index contributed by atoms with van der Waals surface area (Å²) in [6, 6.07) is 4.62. The summed E-state index contributed by atoms with van der Waals surface area (Å²) in [5, 5.41) is 12.7. The maximum Gasteiger partial charge on any atom is 0.339 e. The number of hydrogen-bond donors (Lipinski definition) is 1. The largest absolute Gasteiger partial charge is 0.490 e. The summed E-state index contributed by atoms with van der Waals surface area (Å²) in [4.78, 5) is 26.0. The zero-order valence-corrected chi connectivity index (χ0v) is 16.9. The molecule has 2 heterocycles. The lowest BCUT2D eigenvalue weighted by atomic mass is 10.1. The van der Waals surface area contributed by atoms with Gasteiger partial charge in [0.2, 0.25) is 5.91 Å². The standard InChI is InChI=1S/C19H21Cl2N3O4/c1-27-19(26)13-5-7-15(17(21)16(13)20)28-10-11-4-6-14(23-11)18(25)24-8-2-3-12(24)9-22/h5,7,11-12,14,23H,2-4,6,8,10H2,1H3/t11-,12+,14+/m1/s1. The number of carbonyl (C=O) groups is 2. The van der Waals surface area contributed by atoms with E-state index in [1.807, 2.05) is 0 Å². The fourth-order valence-corrected chi connectivity index (χ4v) is 4.06. The normalized spacial score (nSPS) is 24.1. The van der Waals surface area contributed by atoms with Gasteiger partial charge in [-0.25, -0.2) is 4.79 Å². The molecule has 2 aliphatic rings. The highest BCUT2D eigenvalue weighted by atomic mass is 35.5. The molecule has 9 heteroatoms. The minimum atomic E-state index is -0.574. The van der Waals surface area contributed by atoms with Crippen LogP contribution in [0.5, 0.6) is 5.75 Å². The zero-order chi connectivity index (χ0) is 20.3. The van der Waals surface area contributed by atoms with E-state index < -0.39 is 5.97 Å². The number of likely N-dealkylation sites (tertiary alicyclic amines) is 1. The monoisotopic (exact) mass is 425 g/mol. The average molecular weight is 426 g/mol. The van der Waals surface area contributed by atoms with Crippen molar-refractivity contribution < 1.29 is 19.1 Å². The molecule has 0 aliphatic carbocycles. The molecule has 7 nitrogen and oxygen atoms in total. The van der Waals surface area contributed by atoms with Gasteiger partial charge in [-0.1, -0.05) is 23.2 Å². The summed E-state index contributed by atoms with van der Waals surface area (Å²) in [5.74, 6) is -0.232. The molecule has 0 bridgehead atoms. The molecule has 1 aromatic carbocycles. The van der Waals surface area contributed by atoms with Gasteiger partial charge in [0.05, 0.1) is 29.8 Å². The highest BCUT2D eigenvalue weighted by molar-refractivity contribution is 6.44. The van der Waals surface area contributed by atoms with E-state index in [1.54, 1.807) is 11.0 Å². The molecular weight excluding hydrogens is 405 g/mol. The van der Waals surface area contributed by atoms with Crippen LogP contribution in [-0.2, 0) is 9.53 Å². The van der Waals surface area contributed by atoms with E-state index >= 15 is 0 Å². The lowest BCUT2D eigenvalue weighted by Crippen LogP contribution is -2.47. The molecule has 1 amide bonds. The third-order valence-corrected chi connectivity index (χ3v) is 5.98. The summed E-state index contributed by atoms with van der Waals surface area (Å²) < 4.78 is 10.4. The van der Waals surface area contributed by atoms with Crippen LogP contribution in [0.1, 0.15) is 36.0 Å². The van der Waals surface area contributed by atoms with Gasteiger partial charge in [0, 0.05) is 12.6 Å². The highest BCUT2D eigenvalue weighted by Gasteiger charge is 2.37. The molecule has 0 radical (unpaired) electrons. The van der Waals surface area contributed by atoms with Crippen LogP contribution in [0.2, 0.25) is 10.0 Å². The molecule has 1 aromatic rings. The van der Waals surface area contributed by atoms with Gasteiger partial charge in [-0.3, -0.25) is 10.1 Å². The first-order valence-corrected chi connectivity index (χ1v) is 9.87. The van der Waals surface area contributed by atoms with Crippen molar-refractivity contribution >= 4 is 35.1 Å². The number of methoxy groups -OCH3 is 1. The molecule has 150 valence electrons. The number of nitrogens with one attached hydrogen (secondary N) is 1. The minimum absolute atomic E-state index is 0.0185. The Hall–Kier alpha value is -2.01. The first-order valence-electron chi connectivity index (χ1n) is 9.11. The third-order valence-electron chi connectivity index (χ3n) is 5.12. The highest BCUT2D eigenvalue weighted by Crippen LogP contribution is 2.35. The number of esters is 1. The lowest BCUT2D eigenvalue weighted by Gasteiger charge is -2.24. The van der Waals surface area contributed by atoms with Gasteiger partial charge in [0.15, 0.2) is 0 Å². The first-order chi connectivity index (χ1) is 13.5. The summed E-state index contributed by atoms with van der Waals surface area (Å²) in [5.41, 5.74) is 0.170. The molecule has 28 heavy (non-hydrogen) atoms. The summed E-state index contributed by atoms with van der Waals surface area (Å²) in [7, 11) is 1.27. The Labute approximate surface area is 173 Å². The van der Waals surface area contributed by atoms with Crippen LogP contribution in [0.25, 0.3) is 0 Å². The van der Waals surface area contributed by atoms with Crippen molar-refractivity contribution in [3.8, 4) is 11.8 Å². The molecule has 0 aromatic heterocycles. The smallest absolute Gasteiger partial charge is 0.339 e. The van der Waals surface area contributed by atoms with Gasteiger partial charge in [-0.2, -0.15) is 5.26 Å². The summed E-state index contributed by atoms with van der Waals surface area (Å²) in [6.07, 6.45) is 3.07. The van der Waals surface area contributed by atoms with Crippen LogP contribution in [0.3, 0.4) is 0 Å². The fourth-order valence-electron chi connectivity index (χ4n) is 3.61. The minimum Gasteiger partial charge on any atom is -0.490 e. The van der Waals surface area contributed by atoms with Crippen LogP contribution in [0, 0.1) is 11.3 Å². The second kappa shape index (κ2) is 8.99. The average Bonchev–Trinajstić information content (AvgIpc) is 3.37. The zero-order valence-electron chi connectivity index (χ0n) is 15.4. The number of nitrogens with zero attached hydrogens (tertiary/aromatic N) is 2. The molecule has 2 aliphatic heterocycles. The number of halogens is 2. The van der Waals surface area contributed by atoms with Crippen molar-refractivity contribution in [1.29, 1.82) is 5.26 Å². The summed E-state index contributed by atoms with van der Waals surface area (Å²) >= 11 is 12.3. The quantitative estimate of drug-likeness (QED) is 0.729. The molecule has 0 saturated carbocycles. The number of carbonyl (C=O) groups excluding carboxylic acids is 2. The Morgan fingerprint density at radius 3 is 2.79 bits per heavy atom. The van der Waals surface area contributed by atoms with Crippen molar-refractivity contribution in [2.75, 3.05) is 20.3 Å². The number of rotatable bonds is 5. The number of amides is 1. The van der Waals surface area contributed by atoms with Crippen LogP contribution < -0.4 is 10.1 Å². The van der Waals surface area contributed by atoms with Gasteiger partial charge < -0.3 is 14.4 Å². The van der Waals surface area contributed by atoms with Gasteiger partial charge in [-0.05, 0) is 37.8 Å². The van der Waals surface area contributed by atoms with Crippen LogP contribution in [0.15, 0.2) is 12.1 Å². The van der Waals surface area contributed by atoms with E-state index in [4.69, 9.17) is 27.9 Å². The SMILES string of the molecule is COC(=O)c1ccc(OC[C@H]2CC[C@@H](C(=O)N3CCC[C@H]3C#N)N2)c(Cl)c1Cl. The van der Waals surface area contributed by atoms with E-state index in [1.165, 1.54) is 13.2 Å². The van der Waals surface area contributed by atoms with E-state index in [9.17, 15) is 14.9 Å². The van der Waals surface area contributed by atoms with E-state index in [-0.39, 0.29) is 39.6 Å². The first kappa shape index (κ1) is 20.7.